The van der Waals surface area contributed by atoms with E-state index >= 15 is 0 Å². The molecule has 0 fully saturated rings. The molecule has 0 aliphatic carbocycles. The highest BCUT2D eigenvalue weighted by Crippen LogP contribution is 2.33. The van der Waals surface area contributed by atoms with Gasteiger partial charge in [-0.15, -0.1) is 0 Å². The molecular formula is C21H22O3. The van der Waals surface area contributed by atoms with Crippen LogP contribution in [0.2, 0.25) is 0 Å². The second-order valence-corrected chi connectivity index (χ2v) is 7.39. The molecule has 1 heterocycles. The zero-order valence-corrected chi connectivity index (χ0v) is 14.7. The predicted octanol–water partition coefficient (Wildman–Crippen LogP) is 5.08. The molecule has 0 saturated carbocycles. The Morgan fingerprint density at radius 3 is 2.21 bits per heavy atom. The molecule has 0 atom stereocenters. The highest BCUT2D eigenvalue weighted by Gasteiger charge is 2.18. The van der Waals surface area contributed by atoms with E-state index in [1.54, 1.807) is 6.07 Å². The van der Waals surface area contributed by atoms with Crippen molar-refractivity contribution in [2.75, 3.05) is 0 Å². The summed E-state index contributed by atoms with van der Waals surface area (Å²) in [6.07, 6.45) is 0. The Morgan fingerprint density at radius 1 is 1.00 bits per heavy atom. The van der Waals surface area contributed by atoms with Crippen LogP contribution in [-0.2, 0) is 5.41 Å². The van der Waals surface area contributed by atoms with Crippen molar-refractivity contribution in [3.05, 3.63) is 63.3 Å². The fraction of sp³-hybridized carbons (Fsp3) is 0.286. The van der Waals surface area contributed by atoms with Crippen LogP contribution in [-0.4, -0.2) is 5.11 Å². The van der Waals surface area contributed by atoms with Crippen LogP contribution < -0.4 is 5.43 Å². The number of aryl methyl sites for hydroxylation is 2. The topological polar surface area (TPSA) is 50.4 Å². The van der Waals surface area contributed by atoms with Crippen molar-refractivity contribution in [3.8, 4) is 17.1 Å². The highest BCUT2D eigenvalue weighted by atomic mass is 16.4. The van der Waals surface area contributed by atoms with Crippen LogP contribution in [0.4, 0.5) is 0 Å². The first kappa shape index (κ1) is 16.3. The first-order valence-corrected chi connectivity index (χ1v) is 8.06. The molecule has 2 aromatic carbocycles. The van der Waals surface area contributed by atoms with Gasteiger partial charge in [0.1, 0.15) is 5.58 Å². The highest BCUT2D eigenvalue weighted by molar-refractivity contribution is 5.84. The van der Waals surface area contributed by atoms with Gasteiger partial charge in [0, 0.05) is 5.56 Å². The van der Waals surface area contributed by atoms with Gasteiger partial charge >= 0.3 is 0 Å². The number of hydrogen-bond acceptors (Lipinski definition) is 3. The van der Waals surface area contributed by atoms with E-state index in [0.29, 0.717) is 16.5 Å². The zero-order chi connectivity index (χ0) is 17.6. The first-order valence-electron chi connectivity index (χ1n) is 8.06. The van der Waals surface area contributed by atoms with Crippen LogP contribution in [0.15, 0.2) is 45.6 Å². The average Bonchev–Trinajstić information content (AvgIpc) is 2.50. The van der Waals surface area contributed by atoms with Crippen molar-refractivity contribution in [2.24, 2.45) is 0 Å². The molecule has 3 heteroatoms. The van der Waals surface area contributed by atoms with Gasteiger partial charge in [0.15, 0.2) is 5.76 Å². The molecule has 0 aliphatic rings. The van der Waals surface area contributed by atoms with Crippen LogP contribution in [0, 0.1) is 13.8 Å². The average molecular weight is 322 g/mol. The number of fused-ring (bicyclic) bond motifs is 1. The van der Waals surface area contributed by atoms with E-state index < -0.39 is 5.43 Å². The van der Waals surface area contributed by atoms with Crippen LogP contribution in [0.5, 0.6) is 5.75 Å². The summed E-state index contributed by atoms with van der Waals surface area (Å²) in [6, 6.07) is 11.5. The Bertz CT molecular complexity index is 971. The van der Waals surface area contributed by atoms with Crippen LogP contribution in [0.3, 0.4) is 0 Å². The molecule has 0 bridgehead atoms. The molecule has 3 nitrogen and oxygen atoms in total. The van der Waals surface area contributed by atoms with Gasteiger partial charge in [0.2, 0.25) is 11.2 Å². The molecule has 0 aliphatic heterocycles. The molecular weight excluding hydrogens is 300 g/mol. The fourth-order valence-corrected chi connectivity index (χ4v) is 2.96. The second-order valence-electron chi connectivity index (χ2n) is 7.39. The second kappa shape index (κ2) is 5.52. The maximum absolute atomic E-state index is 12.5. The van der Waals surface area contributed by atoms with Crippen LogP contribution in [0.25, 0.3) is 22.3 Å². The van der Waals surface area contributed by atoms with E-state index in [1.807, 2.05) is 44.2 Å². The fourth-order valence-electron chi connectivity index (χ4n) is 2.96. The lowest BCUT2D eigenvalue weighted by Crippen LogP contribution is -2.10. The Morgan fingerprint density at radius 2 is 1.62 bits per heavy atom. The molecule has 0 saturated heterocycles. The maximum atomic E-state index is 12.5. The number of aromatic hydroxyl groups is 1. The van der Waals surface area contributed by atoms with Gasteiger partial charge in [-0.05, 0) is 42.0 Å². The van der Waals surface area contributed by atoms with Gasteiger partial charge < -0.3 is 9.52 Å². The molecule has 1 aromatic heterocycles. The summed E-state index contributed by atoms with van der Waals surface area (Å²) in [5, 5.41) is 10.8. The summed E-state index contributed by atoms with van der Waals surface area (Å²) in [4.78, 5) is 12.5. The quantitative estimate of drug-likeness (QED) is 0.679. The Labute approximate surface area is 141 Å². The molecule has 0 spiro atoms. The van der Waals surface area contributed by atoms with Crippen molar-refractivity contribution < 1.29 is 9.52 Å². The summed E-state index contributed by atoms with van der Waals surface area (Å²) in [5.74, 6) is -0.115. The van der Waals surface area contributed by atoms with Crippen molar-refractivity contribution in [3.63, 3.8) is 0 Å². The van der Waals surface area contributed by atoms with Crippen LogP contribution in [0.1, 0.15) is 37.5 Å². The molecule has 0 unspecified atom stereocenters. The van der Waals surface area contributed by atoms with E-state index in [-0.39, 0.29) is 16.9 Å². The van der Waals surface area contributed by atoms with Gasteiger partial charge in [-0.2, -0.15) is 0 Å². The lowest BCUT2D eigenvalue weighted by molar-refractivity contribution is 0.449. The maximum Gasteiger partial charge on any atom is 0.235 e. The first-order chi connectivity index (χ1) is 11.2. The Balaban J connectivity index is 2.24. The zero-order valence-electron chi connectivity index (χ0n) is 14.7. The minimum absolute atomic E-state index is 0.0406. The van der Waals surface area contributed by atoms with Gasteiger partial charge in [0.25, 0.3) is 0 Å². The summed E-state index contributed by atoms with van der Waals surface area (Å²) in [6.45, 7) is 10.2. The summed E-state index contributed by atoms with van der Waals surface area (Å²) >= 11 is 0. The number of benzene rings is 2. The molecule has 3 rings (SSSR count). The lowest BCUT2D eigenvalue weighted by Gasteiger charge is -2.19. The number of rotatable bonds is 1. The van der Waals surface area contributed by atoms with Crippen molar-refractivity contribution >= 4 is 11.0 Å². The van der Waals surface area contributed by atoms with Gasteiger partial charge in [-0.3, -0.25) is 4.79 Å². The largest absolute Gasteiger partial charge is 0.502 e. The lowest BCUT2D eigenvalue weighted by atomic mass is 9.86. The van der Waals surface area contributed by atoms with Gasteiger partial charge in [-0.25, -0.2) is 0 Å². The normalized spacial score (nSPS) is 11.9. The summed E-state index contributed by atoms with van der Waals surface area (Å²) < 4.78 is 5.92. The SMILES string of the molecule is Cc1cc(C)c2oc(-c3ccc(C(C)(C)C)cc3)c(O)c(=O)c2c1. The van der Waals surface area contributed by atoms with E-state index in [1.165, 1.54) is 5.56 Å². The third-order valence-corrected chi connectivity index (χ3v) is 4.31. The molecule has 24 heavy (non-hydrogen) atoms. The van der Waals surface area contributed by atoms with Crippen molar-refractivity contribution in [1.82, 2.24) is 0 Å². The Hall–Kier alpha value is -2.55. The van der Waals surface area contributed by atoms with Crippen LogP contribution >= 0.6 is 0 Å². The minimum Gasteiger partial charge on any atom is -0.502 e. The molecule has 0 amide bonds. The van der Waals surface area contributed by atoms with Crippen molar-refractivity contribution in [2.45, 2.75) is 40.0 Å². The third kappa shape index (κ3) is 2.71. The third-order valence-electron chi connectivity index (χ3n) is 4.31. The molecule has 3 aromatic rings. The molecule has 124 valence electrons. The monoisotopic (exact) mass is 322 g/mol. The van der Waals surface area contributed by atoms with E-state index in [0.717, 1.165) is 11.1 Å². The molecule has 1 N–H and O–H groups in total. The van der Waals surface area contributed by atoms with Crippen molar-refractivity contribution in [1.29, 1.82) is 0 Å². The number of hydrogen-bond donors (Lipinski definition) is 1. The molecule has 0 radical (unpaired) electrons. The standard InChI is InChI=1S/C21H22O3/c1-12-10-13(2)19-16(11-12)17(22)18(23)20(24-19)14-6-8-15(9-7-14)21(3,4)5/h6-11,23H,1-5H3. The predicted molar refractivity (Wildman–Crippen MR) is 97.8 cm³/mol. The van der Waals surface area contributed by atoms with Gasteiger partial charge in [0.05, 0.1) is 5.39 Å². The van der Waals surface area contributed by atoms with Gasteiger partial charge in [-0.1, -0.05) is 51.1 Å². The van der Waals surface area contributed by atoms with E-state index in [2.05, 4.69) is 20.8 Å². The summed E-state index contributed by atoms with van der Waals surface area (Å²) in [5.41, 5.74) is 3.90. The smallest absolute Gasteiger partial charge is 0.235 e. The summed E-state index contributed by atoms with van der Waals surface area (Å²) in [7, 11) is 0. The van der Waals surface area contributed by atoms with E-state index in [4.69, 9.17) is 4.42 Å². The van der Waals surface area contributed by atoms with E-state index in [9.17, 15) is 9.90 Å². The minimum atomic E-state index is -0.391. The Kier molecular flexibility index (Phi) is 3.75.